The first kappa shape index (κ1) is 23.3. The fraction of sp³-hybridized carbons (Fsp3) is 0.192. The summed E-state index contributed by atoms with van der Waals surface area (Å²) < 4.78 is 38.3. The Kier molecular flexibility index (Phi) is 6.01. The number of likely N-dealkylation sites (tertiary alicyclic amines) is 1. The molecule has 2 atom stereocenters. The zero-order chi connectivity index (χ0) is 25.4. The smallest absolute Gasteiger partial charge is 0.254 e. The minimum Gasteiger partial charge on any atom is -0.454 e. The maximum atomic E-state index is 13.9. The third-order valence-corrected chi connectivity index (χ3v) is 6.26. The number of pyridine rings is 1. The minimum absolute atomic E-state index is 0.0417. The van der Waals surface area contributed by atoms with E-state index in [1.165, 1.54) is 24.3 Å². The summed E-state index contributed by atoms with van der Waals surface area (Å²) in [5.74, 6) is -1.12. The summed E-state index contributed by atoms with van der Waals surface area (Å²) in [6.07, 6.45) is 2.15. The second kappa shape index (κ2) is 9.29. The zero-order valence-corrected chi connectivity index (χ0v) is 19.1. The van der Waals surface area contributed by atoms with Gasteiger partial charge in [-0.15, -0.1) is 0 Å². The van der Waals surface area contributed by atoms with E-state index in [1.807, 2.05) is 4.90 Å². The van der Waals surface area contributed by atoms with Crippen molar-refractivity contribution in [3.63, 3.8) is 0 Å². The molecule has 2 aliphatic rings. The second-order valence-electron chi connectivity index (χ2n) is 8.53. The SMILES string of the molecule is C=CC(=O)N1C[C@@H]2C[C@H]1CN2c1ccc(C(N)=O)c(Oc2ccc(Oc3ccc(F)cc3F)cc2)n1. The second-order valence-corrected chi connectivity index (χ2v) is 8.53. The van der Waals surface area contributed by atoms with Gasteiger partial charge in [-0.1, -0.05) is 6.58 Å². The van der Waals surface area contributed by atoms with Crippen molar-refractivity contribution >= 4 is 17.6 Å². The molecule has 2 saturated heterocycles. The van der Waals surface area contributed by atoms with Crippen LogP contribution in [0.15, 0.2) is 67.3 Å². The predicted octanol–water partition coefficient (Wildman–Crippen LogP) is 4.02. The van der Waals surface area contributed by atoms with Crippen LogP contribution in [0.1, 0.15) is 16.8 Å². The molecule has 2 bridgehead atoms. The lowest BCUT2D eigenvalue weighted by Crippen LogP contribution is -2.48. The molecule has 0 spiro atoms. The van der Waals surface area contributed by atoms with Crippen molar-refractivity contribution in [2.45, 2.75) is 18.5 Å². The third kappa shape index (κ3) is 4.45. The van der Waals surface area contributed by atoms with E-state index in [1.54, 1.807) is 24.3 Å². The molecule has 2 fully saturated rings. The van der Waals surface area contributed by atoms with Gasteiger partial charge in [0.2, 0.25) is 11.8 Å². The van der Waals surface area contributed by atoms with E-state index in [2.05, 4.69) is 16.5 Å². The van der Waals surface area contributed by atoms with E-state index < -0.39 is 17.5 Å². The Balaban J connectivity index is 1.33. The maximum Gasteiger partial charge on any atom is 0.254 e. The minimum atomic E-state index is -0.824. The highest BCUT2D eigenvalue weighted by Gasteiger charge is 2.45. The summed E-state index contributed by atoms with van der Waals surface area (Å²) in [7, 11) is 0. The number of primary amides is 1. The number of hydrogen-bond acceptors (Lipinski definition) is 6. The van der Waals surface area contributed by atoms with Gasteiger partial charge in [-0.2, -0.15) is 4.98 Å². The van der Waals surface area contributed by atoms with Crippen molar-refractivity contribution in [3.8, 4) is 23.1 Å². The van der Waals surface area contributed by atoms with Crippen molar-refractivity contribution in [1.29, 1.82) is 0 Å². The summed E-state index contributed by atoms with van der Waals surface area (Å²) >= 11 is 0. The Hall–Kier alpha value is -4.47. The molecule has 3 aromatic rings. The topological polar surface area (TPSA) is 98.0 Å². The highest BCUT2D eigenvalue weighted by atomic mass is 19.1. The van der Waals surface area contributed by atoms with Crippen molar-refractivity contribution in [3.05, 3.63) is 84.5 Å². The standard InChI is InChI=1S/C26H22F2N4O4/c1-2-24(33)32-14-16-12-17(32)13-31(16)23-10-8-20(25(29)34)26(30-23)36-19-6-4-18(5-7-19)35-22-9-3-15(27)11-21(22)28/h2-11,16-17H,1,12-14H2,(H2,29,34)/t16-,17-/m0/s1. The van der Waals surface area contributed by atoms with Crippen LogP contribution in [0, 0.1) is 11.6 Å². The molecular formula is C26H22F2N4O4. The molecule has 0 unspecified atom stereocenters. The molecule has 8 nitrogen and oxygen atoms in total. The number of amides is 2. The van der Waals surface area contributed by atoms with E-state index >= 15 is 0 Å². The summed E-state index contributed by atoms with van der Waals surface area (Å²) in [5.41, 5.74) is 5.64. The number of anilines is 1. The lowest BCUT2D eigenvalue weighted by atomic mass is 10.2. The summed E-state index contributed by atoms with van der Waals surface area (Å²) in [6, 6.07) is 12.7. The number of fused-ring (bicyclic) bond motifs is 2. The van der Waals surface area contributed by atoms with Crippen LogP contribution in [0.25, 0.3) is 0 Å². The highest BCUT2D eigenvalue weighted by Crippen LogP contribution is 2.36. The fourth-order valence-electron chi connectivity index (χ4n) is 4.56. The first-order chi connectivity index (χ1) is 17.3. The van der Waals surface area contributed by atoms with Gasteiger partial charge in [0.05, 0.1) is 12.1 Å². The van der Waals surface area contributed by atoms with E-state index in [0.717, 1.165) is 18.6 Å². The van der Waals surface area contributed by atoms with Gasteiger partial charge in [-0.05, 0) is 61.0 Å². The van der Waals surface area contributed by atoms with Gasteiger partial charge in [0.15, 0.2) is 11.6 Å². The van der Waals surface area contributed by atoms with Crippen molar-refractivity contribution in [2.24, 2.45) is 5.73 Å². The van der Waals surface area contributed by atoms with Gasteiger partial charge in [-0.25, -0.2) is 8.78 Å². The Morgan fingerprint density at radius 1 is 1.00 bits per heavy atom. The average molecular weight is 492 g/mol. The first-order valence-electron chi connectivity index (χ1n) is 11.2. The van der Waals surface area contributed by atoms with E-state index in [0.29, 0.717) is 30.4 Å². The number of hydrogen-bond donors (Lipinski definition) is 1. The molecule has 5 rings (SSSR count). The van der Waals surface area contributed by atoms with Gasteiger partial charge >= 0.3 is 0 Å². The largest absolute Gasteiger partial charge is 0.454 e. The monoisotopic (exact) mass is 492 g/mol. The number of benzene rings is 2. The quantitative estimate of drug-likeness (QED) is 0.501. The third-order valence-electron chi connectivity index (χ3n) is 6.26. The predicted molar refractivity (Wildman–Crippen MR) is 127 cm³/mol. The molecule has 2 amide bonds. The van der Waals surface area contributed by atoms with Crippen LogP contribution in [0.4, 0.5) is 14.6 Å². The maximum absolute atomic E-state index is 13.9. The Labute approximate surface area is 205 Å². The van der Waals surface area contributed by atoms with Gasteiger partial charge < -0.3 is 25.0 Å². The molecule has 1 aromatic heterocycles. The molecule has 2 aliphatic heterocycles. The first-order valence-corrected chi connectivity index (χ1v) is 11.2. The molecular weight excluding hydrogens is 470 g/mol. The van der Waals surface area contributed by atoms with Crippen LogP contribution in [-0.4, -0.2) is 46.9 Å². The van der Waals surface area contributed by atoms with Crippen LogP contribution in [0.3, 0.4) is 0 Å². The lowest BCUT2D eigenvalue weighted by Gasteiger charge is -2.34. The Morgan fingerprint density at radius 3 is 2.33 bits per heavy atom. The van der Waals surface area contributed by atoms with Crippen LogP contribution in [0.2, 0.25) is 0 Å². The number of nitrogens with two attached hydrogens (primary N) is 1. The molecule has 2 N–H and O–H groups in total. The number of aromatic nitrogens is 1. The van der Waals surface area contributed by atoms with Gasteiger partial charge in [-0.3, -0.25) is 9.59 Å². The van der Waals surface area contributed by atoms with Gasteiger partial charge in [0.25, 0.3) is 5.91 Å². The number of halogens is 2. The Bertz CT molecular complexity index is 1350. The number of nitrogens with zero attached hydrogens (tertiary/aromatic N) is 3. The molecule has 2 aromatic carbocycles. The van der Waals surface area contributed by atoms with Crippen molar-refractivity contribution < 1.29 is 27.8 Å². The average Bonchev–Trinajstić information content (AvgIpc) is 3.47. The number of piperazine rings is 1. The number of carbonyl (C=O) groups excluding carboxylic acids is 2. The molecule has 0 saturated carbocycles. The van der Waals surface area contributed by atoms with Crippen molar-refractivity contribution in [2.75, 3.05) is 18.0 Å². The number of carbonyl (C=O) groups is 2. The van der Waals surface area contributed by atoms with Crippen LogP contribution < -0.4 is 20.1 Å². The lowest BCUT2D eigenvalue weighted by molar-refractivity contribution is -0.127. The zero-order valence-electron chi connectivity index (χ0n) is 19.1. The van der Waals surface area contributed by atoms with E-state index in [9.17, 15) is 18.4 Å². The molecule has 0 radical (unpaired) electrons. The van der Waals surface area contributed by atoms with E-state index in [4.69, 9.17) is 15.2 Å². The van der Waals surface area contributed by atoms with Crippen LogP contribution in [0.5, 0.6) is 23.1 Å². The van der Waals surface area contributed by atoms with Crippen LogP contribution >= 0.6 is 0 Å². The molecule has 36 heavy (non-hydrogen) atoms. The molecule has 10 heteroatoms. The van der Waals surface area contributed by atoms with Gasteiger partial charge in [0.1, 0.15) is 28.7 Å². The molecule has 3 heterocycles. The number of rotatable bonds is 7. The fourth-order valence-corrected chi connectivity index (χ4v) is 4.56. The molecule has 184 valence electrons. The van der Waals surface area contributed by atoms with Gasteiger partial charge in [0, 0.05) is 19.2 Å². The number of ether oxygens (including phenoxy) is 2. The highest BCUT2D eigenvalue weighted by molar-refractivity contribution is 5.95. The Morgan fingerprint density at radius 2 is 1.72 bits per heavy atom. The summed E-state index contributed by atoms with van der Waals surface area (Å²) in [5, 5.41) is 0. The van der Waals surface area contributed by atoms with Crippen molar-refractivity contribution in [1.82, 2.24) is 9.88 Å². The summed E-state index contributed by atoms with van der Waals surface area (Å²) in [6.45, 7) is 4.74. The normalized spacial score (nSPS) is 18.3. The summed E-state index contributed by atoms with van der Waals surface area (Å²) in [4.78, 5) is 32.5. The van der Waals surface area contributed by atoms with Crippen LogP contribution in [-0.2, 0) is 4.79 Å². The van der Waals surface area contributed by atoms with E-state index in [-0.39, 0.29) is 35.2 Å². The molecule has 0 aliphatic carbocycles.